The van der Waals surface area contributed by atoms with Crippen molar-refractivity contribution in [2.75, 3.05) is 12.3 Å². The number of nitrogen functional groups attached to an aromatic ring is 1. The summed E-state index contributed by atoms with van der Waals surface area (Å²) in [5.41, 5.74) is 6.51. The molecule has 94 valence electrons. The summed E-state index contributed by atoms with van der Waals surface area (Å²) < 4.78 is 5.03. The van der Waals surface area contributed by atoms with Crippen LogP contribution in [0.1, 0.15) is 22.6 Å². The first-order valence-corrected chi connectivity index (χ1v) is 5.64. The molecule has 1 aromatic heterocycles. The number of aromatic nitrogens is 3. The van der Waals surface area contributed by atoms with Crippen molar-refractivity contribution in [1.29, 1.82) is 0 Å². The fourth-order valence-electron chi connectivity index (χ4n) is 1.52. The molecule has 0 aliphatic heterocycles. The highest BCUT2D eigenvalue weighted by molar-refractivity contribution is 5.85. The molecule has 2 rings (SSSR count). The molecule has 0 amide bonds. The van der Waals surface area contributed by atoms with Gasteiger partial charge in [0.2, 0.25) is 11.8 Å². The number of aryl methyl sites for hydroxylation is 1. The molecule has 3 N–H and O–H groups in total. The molecule has 0 atom stereocenters. The fourth-order valence-corrected chi connectivity index (χ4v) is 1.52. The van der Waals surface area contributed by atoms with Gasteiger partial charge >= 0.3 is 5.97 Å². The molecule has 6 heteroatoms. The van der Waals surface area contributed by atoms with Gasteiger partial charge in [-0.1, -0.05) is 30.3 Å². The lowest BCUT2D eigenvalue weighted by atomic mass is 10.1. The number of carbonyl (C=O) groups is 1. The van der Waals surface area contributed by atoms with Gasteiger partial charge in [-0.05, 0) is 18.4 Å². The number of aromatic amines is 1. The van der Waals surface area contributed by atoms with Gasteiger partial charge in [0.1, 0.15) is 0 Å². The van der Waals surface area contributed by atoms with Crippen molar-refractivity contribution in [2.45, 2.75) is 12.8 Å². The summed E-state index contributed by atoms with van der Waals surface area (Å²) in [7, 11) is 0. The second-order valence-corrected chi connectivity index (χ2v) is 3.77. The Morgan fingerprint density at radius 1 is 1.33 bits per heavy atom. The van der Waals surface area contributed by atoms with E-state index < -0.39 is 5.97 Å². The standard InChI is InChI=1S/C12H14N4O2/c13-12-14-10(15-16-12)11(17)18-8-4-7-9-5-2-1-3-6-9/h1-3,5-6H,4,7-8H2,(H3,13,14,15,16). The highest BCUT2D eigenvalue weighted by atomic mass is 16.5. The van der Waals surface area contributed by atoms with Gasteiger partial charge in [0, 0.05) is 0 Å². The van der Waals surface area contributed by atoms with Gasteiger partial charge in [0.15, 0.2) is 0 Å². The van der Waals surface area contributed by atoms with Crippen LogP contribution in [0.5, 0.6) is 0 Å². The smallest absolute Gasteiger partial charge is 0.375 e. The van der Waals surface area contributed by atoms with Gasteiger partial charge in [-0.3, -0.25) is 5.10 Å². The lowest BCUT2D eigenvalue weighted by Crippen LogP contribution is -2.09. The molecule has 0 bridgehead atoms. The summed E-state index contributed by atoms with van der Waals surface area (Å²) in [5.74, 6) is -0.467. The third-order valence-electron chi connectivity index (χ3n) is 2.38. The number of nitrogens with one attached hydrogen (secondary N) is 1. The van der Waals surface area contributed by atoms with Crippen molar-refractivity contribution in [3.8, 4) is 0 Å². The van der Waals surface area contributed by atoms with Crippen LogP contribution in [0.25, 0.3) is 0 Å². The maximum atomic E-state index is 11.5. The highest BCUT2D eigenvalue weighted by Gasteiger charge is 2.11. The number of ether oxygens (including phenoxy) is 1. The predicted octanol–water partition coefficient (Wildman–Crippen LogP) is 1.18. The molecule has 0 unspecified atom stereocenters. The molecule has 0 spiro atoms. The number of benzene rings is 1. The molecule has 1 heterocycles. The third kappa shape index (κ3) is 3.31. The number of esters is 1. The predicted molar refractivity (Wildman–Crippen MR) is 65.8 cm³/mol. The van der Waals surface area contributed by atoms with Crippen molar-refractivity contribution in [3.05, 3.63) is 41.7 Å². The van der Waals surface area contributed by atoms with Gasteiger partial charge in [0.25, 0.3) is 0 Å². The summed E-state index contributed by atoms with van der Waals surface area (Å²) >= 11 is 0. The first-order valence-electron chi connectivity index (χ1n) is 5.64. The molecular weight excluding hydrogens is 232 g/mol. The van der Waals surface area contributed by atoms with E-state index in [1.807, 2.05) is 30.3 Å². The van der Waals surface area contributed by atoms with E-state index in [1.165, 1.54) is 5.56 Å². The van der Waals surface area contributed by atoms with Crippen molar-refractivity contribution in [1.82, 2.24) is 15.2 Å². The number of hydrogen-bond acceptors (Lipinski definition) is 5. The summed E-state index contributed by atoms with van der Waals surface area (Å²) in [6, 6.07) is 10.0. The Balaban J connectivity index is 1.71. The lowest BCUT2D eigenvalue weighted by Gasteiger charge is -2.02. The first-order chi connectivity index (χ1) is 8.75. The number of anilines is 1. The van der Waals surface area contributed by atoms with E-state index in [4.69, 9.17) is 10.5 Å². The largest absolute Gasteiger partial charge is 0.460 e. The average Bonchev–Trinajstić information content (AvgIpc) is 2.82. The van der Waals surface area contributed by atoms with Crippen LogP contribution in [0.3, 0.4) is 0 Å². The van der Waals surface area contributed by atoms with Crippen molar-refractivity contribution >= 4 is 11.9 Å². The molecule has 0 fully saturated rings. The molecular formula is C12H14N4O2. The molecule has 6 nitrogen and oxygen atoms in total. The number of nitrogens with two attached hydrogens (primary N) is 1. The van der Waals surface area contributed by atoms with Gasteiger partial charge in [-0.25, -0.2) is 4.79 Å². The van der Waals surface area contributed by atoms with E-state index >= 15 is 0 Å². The lowest BCUT2D eigenvalue weighted by molar-refractivity contribution is 0.0487. The number of carbonyl (C=O) groups excluding carboxylic acids is 1. The van der Waals surface area contributed by atoms with Gasteiger partial charge in [-0.2, -0.15) is 4.98 Å². The van der Waals surface area contributed by atoms with Crippen LogP contribution in [0, 0.1) is 0 Å². The number of hydrogen-bond donors (Lipinski definition) is 2. The fraction of sp³-hybridized carbons (Fsp3) is 0.250. The van der Waals surface area contributed by atoms with Gasteiger partial charge in [0.05, 0.1) is 6.61 Å². The summed E-state index contributed by atoms with van der Waals surface area (Å²) in [5, 5.41) is 5.96. The van der Waals surface area contributed by atoms with Crippen molar-refractivity contribution < 1.29 is 9.53 Å². The first kappa shape index (κ1) is 12.1. The Morgan fingerprint density at radius 3 is 2.78 bits per heavy atom. The van der Waals surface area contributed by atoms with Crippen LogP contribution >= 0.6 is 0 Å². The van der Waals surface area contributed by atoms with E-state index in [0.717, 1.165) is 12.8 Å². The summed E-state index contributed by atoms with van der Waals surface area (Å²) in [6.07, 6.45) is 1.63. The van der Waals surface area contributed by atoms with Crippen LogP contribution in [0.2, 0.25) is 0 Å². The topological polar surface area (TPSA) is 93.9 Å². The Bertz CT molecular complexity index is 510. The molecule has 0 aliphatic rings. The zero-order valence-electron chi connectivity index (χ0n) is 9.80. The van der Waals surface area contributed by atoms with Gasteiger partial charge in [-0.15, -0.1) is 5.10 Å². The van der Waals surface area contributed by atoms with Crippen LogP contribution in [0.4, 0.5) is 5.95 Å². The molecule has 18 heavy (non-hydrogen) atoms. The zero-order valence-corrected chi connectivity index (χ0v) is 9.80. The molecule has 1 aromatic carbocycles. The molecule has 0 radical (unpaired) electrons. The van der Waals surface area contributed by atoms with Crippen LogP contribution < -0.4 is 5.73 Å². The molecule has 0 saturated carbocycles. The van der Waals surface area contributed by atoms with E-state index in [0.29, 0.717) is 6.61 Å². The van der Waals surface area contributed by atoms with Gasteiger partial charge < -0.3 is 10.5 Å². The van der Waals surface area contributed by atoms with Crippen molar-refractivity contribution in [2.24, 2.45) is 0 Å². The number of nitrogens with zero attached hydrogens (tertiary/aromatic N) is 2. The van der Waals surface area contributed by atoms with Crippen LogP contribution in [0.15, 0.2) is 30.3 Å². The Kier molecular flexibility index (Phi) is 3.90. The normalized spacial score (nSPS) is 10.2. The monoisotopic (exact) mass is 246 g/mol. The maximum Gasteiger partial charge on any atom is 0.375 e. The Hall–Kier alpha value is -2.37. The minimum Gasteiger partial charge on any atom is -0.460 e. The highest BCUT2D eigenvalue weighted by Crippen LogP contribution is 2.03. The number of H-pyrrole nitrogens is 1. The van der Waals surface area contributed by atoms with E-state index in [-0.39, 0.29) is 11.8 Å². The Labute approximate surface area is 104 Å². The second-order valence-electron chi connectivity index (χ2n) is 3.77. The number of rotatable bonds is 5. The maximum absolute atomic E-state index is 11.5. The second kappa shape index (κ2) is 5.81. The van der Waals surface area contributed by atoms with Crippen LogP contribution in [-0.4, -0.2) is 27.8 Å². The molecule has 2 aromatic rings. The Morgan fingerprint density at radius 2 is 2.11 bits per heavy atom. The minimum atomic E-state index is -0.535. The van der Waals surface area contributed by atoms with Crippen molar-refractivity contribution in [3.63, 3.8) is 0 Å². The third-order valence-corrected chi connectivity index (χ3v) is 2.38. The summed E-state index contributed by atoms with van der Waals surface area (Å²) in [4.78, 5) is 15.1. The molecule has 0 aliphatic carbocycles. The summed E-state index contributed by atoms with van der Waals surface area (Å²) in [6.45, 7) is 0.342. The minimum absolute atomic E-state index is 0.0336. The average molecular weight is 246 g/mol. The molecule has 0 saturated heterocycles. The quantitative estimate of drug-likeness (QED) is 0.610. The zero-order chi connectivity index (χ0) is 12.8. The van der Waals surface area contributed by atoms with Crippen LogP contribution in [-0.2, 0) is 11.2 Å². The van der Waals surface area contributed by atoms with E-state index in [2.05, 4.69) is 15.2 Å². The van der Waals surface area contributed by atoms with E-state index in [9.17, 15) is 4.79 Å². The SMILES string of the molecule is Nc1n[nH]c(C(=O)OCCCc2ccccc2)n1. The van der Waals surface area contributed by atoms with E-state index in [1.54, 1.807) is 0 Å².